The van der Waals surface area contributed by atoms with Gasteiger partial charge in [-0.3, -0.25) is 0 Å². The number of nitrogens with zero attached hydrogens (tertiary/aromatic N) is 1. The number of aliphatic hydroxyl groups is 1. The lowest BCUT2D eigenvalue weighted by Crippen LogP contribution is -2.48. The van der Waals surface area contributed by atoms with E-state index < -0.39 is 5.60 Å². The lowest BCUT2D eigenvalue weighted by molar-refractivity contribution is 0.00785. The zero-order valence-corrected chi connectivity index (χ0v) is 13.7. The Hall–Kier alpha value is -1.14. The molecule has 0 fully saturated rings. The van der Waals surface area contributed by atoms with Crippen LogP contribution in [0.25, 0.3) is 0 Å². The van der Waals surface area contributed by atoms with Crippen molar-refractivity contribution in [3.05, 3.63) is 16.1 Å². The zero-order chi connectivity index (χ0) is 15.3. The maximum absolute atomic E-state index is 11.8. The average molecular weight is 299 g/mol. The molecular weight excluding hydrogens is 274 g/mol. The van der Waals surface area contributed by atoms with Crippen LogP contribution in [0.1, 0.15) is 50.0 Å². The van der Waals surface area contributed by atoms with Crippen molar-refractivity contribution in [1.29, 1.82) is 0 Å². The fourth-order valence-electron chi connectivity index (χ4n) is 1.75. The highest BCUT2D eigenvalue weighted by Gasteiger charge is 2.27. The number of hydrogen-bond acceptors (Lipinski definition) is 4. The summed E-state index contributed by atoms with van der Waals surface area (Å²) in [5.41, 5.74) is -0.896. The van der Waals surface area contributed by atoms with Crippen LogP contribution < -0.4 is 10.6 Å². The van der Waals surface area contributed by atoms with E-state index in [4.69, 9.17) is 0 Å². The minimum atomic E-state index is -0.896. The molecule has 1 heterocycles. The van der Waals surface area contributed by atoms with Crippen molar-refractivity contribution in [2.24, 2.45) is 5.92 Å². The first-order valence-corrected chi connectivity index (χ1v) is 7.77. The second kappa shape index (κ2) is 7.04. The Bertz CT molecular complexity index is 445. The third kappa shape index (κ3) is 4.76. The Morgan fingerprint density at radius 1 is 1.55 bits per heavy atom. The minimum absolute atomic E-state index is 0.127. The zero-order valence-electron chi connectivity index (χ0n) is 12.9. The molecule has 0 aliphatic heterocycles. The number of thiazole rings is 1. The topological polar surface area (TPSA) is 74.2 Å². The van der Waals surface area contributed by atoms with Crippen molar-refractivity contribution >= 4 is 17.4 Å². The van der Waals surface area contributed by atoms with Crippen LogP contribution in [0.2, 0.25) is 0 Å². The lowest BCUT2D eigenvalue weighted by Gasteiger charge is -2.30. The van der Waals surface area contributed by atoms with Gasteiger partial charge in [0.1, 0.15) is 5.01 Å². The van der Waals surface area contributed by atoms with Gasteiger partial charge in [-0.1, -0.05) is 20.3 Å². The third-order valence-corrected chi connectivity index (χ3v) is 4.73. The first-order valence-electron chi connectivity index (χ1n) is 6.95. The summed E-state index contributed by atoms with van der Waals surface area (Å²) in [6.07, 6.45) is 2.66. The van der Waals surface area contributed by atoms with Crippen molar-refractivity contribution in [2.75, 3.05) is 6.54 Å². The van der Waals surface area contributed by atoms with E-state index in [1.54, 1.807) is 24.5 Å². The first kappa shape index (κ1) is 16.9. The normalized spacial score (nSPS) is 17.1. The summed E-state index contributed by atoms with van der Waals surface area (Å²) in [6.45, 7) is 9.85. The molecule has 1 aromatic heterocycles. The standard InChI is InChI=1S/C14H25N3O2S/c1-6-9(2)14(5,19)8-16-13(18)17-11(4)12-15-7-10(3)20-12/h7,9,11,19H,6,8H2,1-5H3,(H2,16,17,18). The number of nitrogens with one attached hydrogen (secondary N) is 2. The maximum Gasteiger partial charge on any atom is 0.315 e. The van der Waals surface area contributed by atoms with E-state index in [0.717, 1.165) is 16.3 Å². The number of aromatic nitrogens is 1. The van der Waals surface area contributed by atoms with Gasteiger partial charge >= 0.3 is 6.03 Å². The van der Waals surface area contributed by atoms with Crippen molar-refractivity contribution in [3.63, 3.8) is 0 Å². The molecule has 2 amide bonds. The summed E-state index contributed by atoms with van der Waals surface area (Å²) in [4.78, 5) is 17.2. The number of carbonyl (C=O) groups is 1. The number of aryl methyl sites for hydroxylation is 1. The Morgan fingerprint density at radius 3 is 2.70 bits per heavy atom. The fraction of sp³-hybridized carbons (Fsp3) is 0.714. The Balaban J connectivity index is 2.44. The van der Waals surface area contributed by atoms with E-state index in [1.807, 2.05) is 27.7 Å². The van der Waals surface area contributed by atoms with Gasteiger partial charge in [0.15, 0.2) is 0 Å². The summed E-state index contributed by atoms with van der Waals surface area (Å²) in [5, 5.41) is 16.7. The predicted octanol–water partition coefficient (Wildman–Crippen LogP) is 2.61. The van der Waals surface area contributed by atoms with Gasteiger partial charge in [-0.25, -0.2) is 9.78 Å². The van der Waals surface area contributed by atoms with Gasteiger partial charge in [-0.2, -0.15) is 0 Å². The van der Waals surface area contributed by atoms with Crippen molar-refractivity contribution in [3.8, 4) is 0 Å². The van der Waals surface area contributed by atoms with Crippen molar-refractivity contribution in [2.45, 2.75) is 52.7 Å². The summed E-state index contributed by atoms with van der Waals surface area (Å²) in [7, 11) is 0. The average Bonchev–Trinajstić information content (AvgIpc) is 2.82. The van der Waals surface area contributed by atoms with Crippen molar-refractivity contribution < 1.29 is 9.90 Å². The van der Waals surface area contributed by atoms with Crippen LogP contribution in [0.15, 0.2) is 6.20 Å². The molecule has 3 N–H and O–H groups in total. The summed E-state index contributed by atoms with van der Waals surface area (Å²) in [5.74, 6) is 0.127. The SMILES string of the molecule is CCC(C)C(C)(O)CNC(=O)NC(C)c1ncc(C)s1. The highest BCUT2D eigenvalue weighted by molar-refractivity contribution is 7.11. The number of hydrogen-bond donors (Lipinski definition) is 3. The molecule has 1 rings (SSSR count). The van der Waals surface area contributed by atoms with E-state index in [9.17, 15) is 9.90 Å². The predicted molar refractivity (Wildman–Crippen MR) is 81.9 cm³/mol. The molecule has 1 aromatic rings. The molecule has 0 aromatic carbocycles. The van der Waals surface area contributed by atoms with Gasteiger partial charge in [-0.05, 0) is 26.7 Å². The van der Waals surface area contributed by atoms with Crippen LogP contribution in [0.3, 0.4) is 0 Å². The molecule has 0 radical (unpaired) electrons. The molecule has 0 bridgehead atoms. The smallest absolute Gasteiger partial charge is 0.315 e. The Kier molecular flexibility index (Phi) is 5.95. The molecule has 5 nitrogen and oxygen atoms in total. The molecule has 0 aliphatic rings. The van der Waals surface area contributed by atoms with E-state index in [-0.39, 0.29) is 24.5 Å². The second-order valence-corrected chi connectivity index (χ2v) is 6.79. The molecule has 3 atom stereocenters. The van der Waals surface area contributed by atoms with Crippen LogP contribution >= 0.6 is 11.3 Å². The van der Waals surface area contributed by atoms with E-state index in [0.29, 0.717) is 0 Å². The second-order valence-electron chi connectivity index (χ2n) is 5.52. The molecule has 114 valence electrons. The third-order valence-electron chi connectivity index (χ3n) is 3.64. The number of carbonyl (C=O) groups excluding carboxylic acids is 1. The monoisotopic (exact) mass is 299 g/mol. The molecule has 0 aliphatic carbocycles. The summed E-state index contributed by atoms with van der Waals surface area (Å²) >= 11 is 1.57. The lowest BCUT2D eigenvalue weighted by atomic mass is 9.89. The highest BCUT2D eigenvalue weighted by Crippen LogP contribution is 2.20. The maximum atomic E-state index is 11.8. The van der Waals surface area contributed by atoms with Gasteiger partial charge in [-0.15, -0.1) is 11.3 Å². The molecule has 3 unspecified atom stereocenters. The largest absolute Gasteiger partial charge is 0.388 e. The van der Waals surface area contributed by atoms with Crippen LogP contribution in [0.5, 0.6) is 0 Å². The molecule has 20 heavy (non-hydrogen) atoms. The molecule has 6 heteroatoms. The molecule has 0 saturated heterocycles. The number of rotatable bonds is 6. The van der Waals surface area contributed by atoms with Crippen LogP contribution in [0, 0.1) is 12.8 Å². The van der Waals surface area contributed by atoms with Crippen LogP contribution in [-0.4, -0.2) is 28.3 Å². The molecule has 0 saturated carbocycles. The molecular formula is C14H25N3O2S. The minimum Gasteiger partial charge on any atom is -0.388 e. The Morgan fingerprint density at radius 2 is 2.20 bits per heavy atom. The van der Waals surface area contributed by atoms with Gasteiger partial charge in [0, 0.05) is 17.6 Å². The Labute approximate surface area is 124 Å². The quantitative estimate of drug-likeness (QED) is 0.756. The number of urea groups is 1. The van der Waals surface area contributed by atoms with E-state index in [1.165, 1.54) is 0 Å². The fourth-order valence-corrected chi connectivity index (χ4v) is 2.53. The number of amides is 2. The van der Waals surface area contributed by atoms with Gasteiger partial charge in [0.2, 0.25) is 0 Å². The van der Waals surface area contributed by atoms with Gasteiger partial charge in [0.25, 0.3) is 0 Å². The first-order chi connectivity index (χ1) is 9.26. The van der Waals surface area contributed by atoms with Gasteiger partial charge in [0.05, 0.1) is 11.6 Å². The van der Waals surface area contributed by atoms with E-state index in [2.05, 4.69) is 15.6 Å². The molecule has 0 spiro atoms. The van der Waals surface area contributed by atoms with Gasteiger partial charge < -0.3 is 15.7 Å². The summed E-state index contributed by atoms with van der Waals surface area (Å²) in [6, 6.07) is -0.420. The highest BCUT2D eigenvalue weighted by atomic mass is 32.1. The van der Waals surface area contributed by atoms with Crippen LogP contribution in [-0.2, 0) is 0 Å². The van der Waals surface area contributed by atoms with Crippen LogP contribution in [0.4, 0.5) is 4.79 Å². The van der Waals surface area contributed by atoms with E-state index >= 15 is 0 Å². The van der Waals surface area contributed by atoms with Crippen molar-refractivity contribution in [1.82, 2.24) is 15.6 Å². The summed E-state index contributed by atoms with van der Waals surface area (Å²) < 4.78 is 0.